The highest BCUT2D eigenvalue weighted by Crippen LogP contribution is 2.42. The Balaban J connectivity index is 2.04. The van der Waals surface area contributed by atoms with Gasteiger partial charge < -0.3 is 13.3 Å². The first-order valence-electron chi connectivity index (χ1n) is 11.7. The summed E-state index contributed by atoms with van der Waals surface area (Å²) in [6.07, 6.45) is 1.73. The average Bonchev–Trinajstić information content (AvgIpc) is 3.13. The summed E-state index contributed by atoms with van der Waals surface area (Å²) in [7, 11) is -4.26. The van der Waals surface area contributed by atoms with Crippen LogP contribution in [-0.2, 0) is 0 Å². The number of nitrogens with zero attached hydrogens (tertiary/aromatic N) is 1. The van der Waals surface area contributed by atoms with Gasteiger partial charge in [0.05, 0.1) is 0 Å². The summed E-state index contributed by atoms with van der Waals surface area (Å²) in [5.74, 6) is 0.856. The molecule has 0 saturated heterocycles. The van der Waals surface area contributed by atoms with E-state index in [1.54, 1.807) is 18.2 Å². The molecule has 0 aliphatic rings. The van der Waals surface area contributed by atoms with Crippen molar-refractivity contribution in [2.24, 2.45) is 0 Å². The maximum atomic E-state index is 15.1. The Morgan fingerprint density at radius 1 is 0.882 bits per heavy atom. The van der Waals surface area contributed by atoms with E-state index in [0.717, 1.165) is 5.56 Å². The molecule has 0 N–H and O–H groups in total. The molecule has 1 aromatic heterocycles. The smallest absolute Gasteiger partial charge is 0.250 e. The van der Waals surface area contributed by atoms with Crippen LogP contribution in [0.1, 0.15) is 47.1 Å². The molecule has 2 aromatic carbocycles. The first-order valence-corrected chi connectivity index (χ1v) is 17.5. The van der Waals surface area contributed by atoms with Crippen molar-refractivity contribution in [2.75, 3.05) is 0 Å². The van der Waals surface area contributed by atoms with Gasteiger partial charge in [-0.1, -0.05) is 54.2 Å². The van der Waals surface area contributed by atoms with E-state index in [9.17, 15) is 0 Å². The fraction of sp³-hybridized carbons (Fsp3) is 0.444. The van der Waals surface area contributed by atoms with Crippen molar-refractivity contribution < 1.29 is 17.7 Å². The molecule has 0 radical (unpaired) electrons. The summed E-state index contributed by atoms with van der Waals surface area (Å²) in [6.45, 7) is 25.4. The van der Waals surface area contributed by atoms with Crippen LogP contribution in [0.15, 0.2) is 41.3 Å². The largest absolute Gasteiger partial charge is 0.542 e. The van der Waals surface area contributed by atoms with E-state index in [1.165, 1.54) is 6.07 Å². The number of aromatic nitrogens is 1. The molecule has 0 aliphatic carbocycles. The van der Waals surface area contributed by atoms with Crippen LogP contribution >= 0.6 is 0 Å². The third-order valence-corrected chi connectivity index (χ3v) is 16.0. The summed E-state index contributed by atoms with van der Waals surface area (Å²) < 4.78 is 33.9. The third kappa shape index (κ3) is 5.00. The Morgan fingerprint density at radius 3 is 1.91 bits per heavy atom. The van der Waals surface area contributed by atoms with E-state index in [0.29, 0.717) is 28.3 Å². The molecular weight excluding hydrogens is 461 g/mol. The molecule has 7 heteroatoms. The normalized spacial score (nSPS) is 13.3. The monoisotopic (exact) mass is 499 g/mol. The van der Waals surface area contributed by atoms with Crippen LogP contribution in [0.5, 0.6) is 11.5 Å². The van der Waals surface area contributed by atoms with Crippen LogP contribution in [0.3, 0.4) is 0 Å². The van der Waals surface area contributed by atoms with Gasteiger partial charge in [-0.3, -0.25) is 0 Å². The second-order valence-corrected chi connectivity index (χ2v) is 21.4. The lowest BCUT2D eigenvalue weighted by molar-refractivity contribution is 0.457. The lowest BCUT2D eigenvalue weighted by Crippen LogP contribution is -2.44. The lowest BCUT2D eigenvalue weighted by Gasteiger charge is -2.36. The summed E-state index contributed by atoms with van der Waals surface area (Å²) in [5, 5.41) is 0.00609. The van der Waals surface area contributed by atoms with Crippen LogP contribution in [0.25, 0.3) is 28.6 Å². The maximum absolute atomic E-state index is 15.1. The minimum Gasteiger partial charge on any atom is -0.542 e. The van der Waals surface area contributed by atoms with Crippen molar-refractivity contribution in [3.8, 4) is 23.0 Å². The van der Waals surface area contributed by atoms with Crippen LogP contribution in [0.2, 0.25) is 36.3 Å². The number of hydrogen-bond acceptors (Lipinski definition) is 4. The molecule has 0 unspecified atom stereocenters. The van der Waals surface area contributed by atoms with Crippen molar-refractivity contribution in [1.82, 2.24) is 4.98 Å². The van der Waals surface area contributed by atoms with Crippen molar-refractivity contribution in [3.63, 3.8) is 0 Å². The molecule has 3 aromatic rings. The van der Waals surface area contributed by atoms with Gasteiger partial charge in [-0.15, -0.1) is 0 Å². The maximum Gasteiger partial charge on any atom is 0.250 e. The standard InChI is InChI=1S/C27H38FNO3Si2/c1-12-18-13-16-22(32-34(10,11)27(5,6)7)23-24(18)30-25(29-23)19-14-15-21(20(28)17-19)31-33(8,9)26(2,3)4/h12-17H,1H2,2-11H3. The van der Waals surface area contributed by atoms with Crippen LogP contribution in [0, 0.1) is 5.82 Å². The van der Waals surface area contributed by atoms with Crippen molar-refractivity contribution in [3.05, 3.63) is 48.3 Å². The van der Waals surface area contributed by atoms with E-state index in [-0.39, 0.29) is 15.8 Å². The SMILES string of the molecule is C=Cc1ccc(O[Si](C)(C)C(C)(C)C)c2nc(-c3ccc(O[Si](C)(C)C(C)(C)C)c(F)c3)oc12. The predicted molar refractivity (Wildman–Crippen MR) is 145 cm³/mol. The molecule has 3 rings (SSSR count). The summed E-state index contributed by atoms with van der Waals surface area (Å²) in [6, 6.07) is 8.72. The van der Waals surface area contributed by atoms with E-state index in [4.69, 9.17) is 18.3 Å². The summed E-state index contributed by atoms with van der Waals surface area (Å²) in [4.78, 5) is 4.73. The highest BCUT2D eigenvalue weighted by Gasteiger charge is 2.40. The quantitative estimate of drug-likeness (QED) is 0.317. The number of fused-ring (bicyclic) bond motifs is 1. The fourth-order valence-corrected chi connectivity index (χ4v) is 4.98. The highest BCUT2D eigenvalue weighted by molar-refractivity contribution is 6.75. The zero-order valence-electron chi connectivity index (χ0n) is 22.2. The fourth-order valence-electron chi connectivity index (χ4n) is 2.94. The lowest BCUT2D eigenvalue weighted by atomic mass is 10.2. The minimum atomic E-state index is -2.16. The van der Waals surface area contributed by atoms with Gasteiger partial charge >= 0.3 is 0 Å². The Bertz CT molecular complexity index is 1220. The molecule has 0 atom stereocenters. The molecule has 0 bridgehead atoms. The van der Waals surface area contributed by atoms with E-state index >= 15 is 4.39 Å². The van der Waals surface area contributed by atoms with Crippen LogP contribution in [0.4, 0.5) is 4.39 Å². The first kappa shape index (κ1) is 26.2. The Morgan fingerprint density at radius 2 is 1.41 bits per heavy atom. The highest BCUT2D eigenvalue weighted by atomic mass is 28.4. The summed E-state index contributed by atoms with van der Waals surface area (Å²) >= 11 is 0. The van der Waals surface area contributed by atoms with E-state index < -0.39 is 22.5 Å². The van der Waals surface area contributed by atoms with Gasteiger partial charge in [0.15, 0.2) is 16.9 Å². The van der Waals surface area contributed by atoms with E-state index in [2.05, 4.69) is 74.3 Å². The van der Waals surface area contributed by atoms with E-state index in [1.807, 2.05) is 12.1 Å². The molecule has 0 fully saturated rings. The number of halogens is 1. The zero-order valence-corrected chi connectivity index (χ0v) is 24.2. The van der Waals surface area contributed by atoms with Crippen molar-refractivity contribution in [1.29, 1.82) is 0 Å². The molecule has 34 heavy (non-hydrogen) atoms. The van der Waals surface area contributed by atoms with Crippen molar-refractivity contribution >= 4 is 33.8 Å². The molecule has 1 heterocycles. The predicted octanol–water partition coefficient (Wildman–Crippen LogP) is 9.04. The molecule has 0 spiro atoms. The Hall–Kier alpha value is -2.39. The van der Waals surface area contributed by atoms with Gasteiger partial charge in [0.1, 0.15) is 11.5 Å². The number of oxazole rings is 1. The summed E-state index contributed by atoms with van der Waals surface area (Å²) in [5.41, 5.74) is 2.57. The zero-order chi connectivity index (χ0) is 25.7. The molecule has 0 saturated carbocycles. The number of rotatable bonds is 6. The molecular formula is C27H38FNO3Si2. The van der Waals surface area contributed by atoms with Crippen LogP contribution in [-0.4, -0.2) is 21.6 Å². The van der Waals surface area contributed by atoms with Gasteiger partial charge in [-0.2, -0.15) is 0 Å². The van der Waals surface area contributed by atoms with Crippen molar-refractivity contribution in [2.45, 2.75) is 77.8 Å². The van der Waals surface area contributed by atoms with Gasteiger partial charge in [-0.25, -0.2) is 9.37 Å². The third-order valence-electron chi connectivity index (χ3n) is 7.28. The number of benzene rings is 2. The first-order chi connectivity index (χ1) is 15.5. The van der Waals surface area contributed by atoms with Gasteiger partial charge in [-0.05, 0) is 66.6 Å². The minimum absolute atomic E-state index is 0.0277. The molecule has 0 aliphatic heterocycles. The van der Waals surface area contributed by atoms with Gasteiger partial charge in [0.2, 0.25) is 5.89 Å². The second kappa shape index (κ2) is 8.68. The van der Waals surface area contributed by atoms with Gasteiger partial charge in [0.25, 0.3) is 16.6 Å². The molecule has 0 amide bonds. The second-order valence-electron chi connectivity index (χ2n) is 11.9. The topological polar surface area (TPSA) is 44.5 Å². The Labute approximate surface area is 205 Å². The Kier molecular flexibility index (Phi) is 6.69. The van der Waals surface area contributed by atoms with Crippen LogP contribution < -0.4 is 8.85 Å². The van der Waals surface area contributed by atoms with Gasteiger partial charge in [0, 0.05) is 11.1 Å². The number of hydrogen-bond donors (Lipinski definition) is 0. The average molecular weight is 500 g/mol. The molecule has 4 nitrogen and oxygen atoms in total. The molecule has 184 valence electrons.